The zero-order valence-corrected chi connectivity index (χ0v) is 13.6. The second-order valence-electron chi connectivity index (χ2n) is 7.54. The Kier molecular flexibility index (Phi) is 4.34. The van der Waals surface area contributed by atoms with E-state index in [0.29, 0.717) is 36.9 Å². The molecule has 0 aromatic heterocycles. The van der Waals surface area contributed by atoms with Gasteiger partial charge >= 0.3 is 0 Å². The van der Waals surface area contributed by atoms with E-state index >= 15 is 0 Å². The molecule has 1 saturated carbocycles. The van der Waals surface area contributed by atoms with E-state index in [1.54, 1.807) is 0 Å². The Balaban J connectivity index is 1.67. The minimum Gasteiger partial charge on any atom is -0.396 e. The molecule has 122 valence electrons. The largest absolute Gasteiger partial charge is 0.396 e. The maximum atomic E-state index is 9.55. The quantitative estimate of drug-likeness (QED) is 0.793. The number of hydrogen-bond acceptors (Lipinski definition) is 4. The third-order valence-electron chi connectivity index (χ3n) is 6.14. The standard InChI is InChI=1S/C17H30O4/c1-12-4-5-14(13(2)10-18)17(11-21-17)15(12)6-7-16(3)19-8-9-20-16/h12-15,18H,4-11H2,1-3H3/t12-,13+,14+,15+,17-/m1/s1. The van der Waals surface area contributed by atoms with Gasteiger partial charge in [0.15, 0.2) is 5.79 Å². The van der Waals surface area contributed by atoms with Crippen molar-refractivity contribution in [2.24, 2.45) is 23.7 Å². The molecule has 0 bridgehead atoms. The molecule has 0 aromatic carbocycles. The Morgan fingerprint density at radius 2 is 1.86 bits per heavy atom. The minimum absolute atomic E-state index is 0.0226. The van der Waals surface area contributed by atoms with Crippen LogP contribution in [0.5, 0.6) is 0 Å². The van der Waals surface area contributed by atoms with Gasteiger partial charge in [-0.05, 0) is 49.9 Å². The number of hydrogen-bond donors (Lipinski definition) is 1. The molecule has 21 heavy (non-hydrogen) atoms. The maximum absolute atomic E-state index is 9.55. The van der Waals surface area contributed by atoms with E-state index < -0.39 is 5.79 Å². The van der Waals surface area contributed by atoms with Crippen molar-refractivity contribution < 1.29 is 19.3 Å². The lowest BCUT2D eigenvalue weighted by atomic mass is 9.62. The molecule has 3 aliphatic rings. The SMILES string of the molecule is C[C@@H]1CC[C@@H]([C@@H](C)CO)[C@]2(CO2)[C@H]1CCC1(C)OCCO1. The van der Waals surface area contributed by atoms with Crippen LogP contribution in [0.25, 0.3) is 0 Å². The van der Waals surface area contributed by atoms with Crippen LogP contribution in [0.1, 0.15) is 46.5 Å². The summed E-state index contributed by atoms with van der Waals surface area (Å²) in [6.07, 6.45) is 4.45. The Hall–Kier alpha value is -0.160. The summed E-state index contributed by atoms with van der Waals surface area (Å²) in [5.74, 6) is 1.68. The molecular weight excluding hydrogens is 268 g/mol. The predicted molar refractivity (Wildman–Crippen MR) is 79.9 cm³/mol. The maximum Gasteiger partial charge on any atom is 0.165 e. The second-order valence-corrected chi connectivity index (χ2v) is 7.54. The minimum atomic E-state index is -0.397. The van der Waals surface area contributed by atoms with Gasteiger partial charge in [0.05, 0.1) is 25.4 Å². The first-order chi connectivity index (χ1) is 10.0. The number of aliphatic hydroxyl groups excluding tert-OH is 1. The van der Waals surface area contributed by atoms with Gasteiger partial charge in [0.1, 0.15) is 0 Å². The molecule has 0 aromatic rings. The normalized spacial score (nSPS) is 43.1. The summed E-state index contributed by atoms with van der Waals surface area (Å²) in [6.45, 7) is 9.13. The van der Waals surface area contributed by atoms with Crippen LogP contribution >= 0.6 is 0 Å². The zero-order valence-electron chi connectivity index (χ0n) is 13.6. The van der Waals surface area contributed by atoms with Gasteiger partial charge in [-0.3, -0.25) is 0 Å². The summed E-state index contributed by atoms with van der Waals surface area (Å²) in [5.41, 5.74) is 0.0226. The molecule has 2 saturated heterocycles. The van der Waals surface area contributed by atoms with Crippen molar-refractivity contribution in [1.29, 1.82) is 0 Å². The highest BCUT2D eigenvalue weighted by Crippen LogP contribution is 2.56. The van der Waals surface area contributed by atoms with Crippen LogP contribution in [0.3, 0.4) is 0 Å². The van der Waals surface area contributed by atoms with Crippen molar-refractivity contribution >= 4 is 0 Å². The fourth-order valence-electron chi connectivity index (χ4n) is 4.70. The summed E-state index contributed by atoms with van der Waals surface area (Å²) >= 11 is 0. The van der Waals surface area contributed by atoms with E-state index in [2.05, 4.69) is 20.8 Å². The second kappa shape index (κ2) is 5.80. The number of ether oxygens (including phenoxy) is 3. The van der Waals surface area contributed by atoms with Crippen LogP contribution in [0, 0.1) is 23.7 Å². The topological polar surface area (TPSA) is 51.2 Å². The van der Waals surface area contributed by atoms with Gasteiger partial charge in [-0.25, -0.2) is 0 Å². The van der Waals surface area contributed by atoms with Gasteiger partial charge in [-0.1, -0.05) is 13.8 Å². The first kappa shape index (κ1) is 15.7. The molecule has 1 spiro atoms. The molecule has 2 aliphatic heterocycles. The number of epoxide rings is 1. The summed E-state index contributed by atoms with van der Waals surface area (Å²) in [7, 11) is 0. The molecule has 3 rings (SSSR count). The number of aliphatic hydroxyl groups is 1. The van der Waals surface area contributed by atoms with Gasteiger partial charge in [0, 0.05) is 13.0 Å². The van der Waals surface area contributed by atoms with Crippen LogP contribution in [-0.4, -0.2) is 42.9 Å². The first-order valence-electron chi connectivity index (χ1n) is 8.53. The van der Waals surface area contributed by atoms with E-state index in [0.717, 1.165) is 19.4 Å². The third kappa shape index (κ3) is 2.88. The van der Waals surface area contributed by atoms with Crippen molar-refractivity contribution in [3.63, 3.8) is 0 Å². The van der Waals surface area contributed by atoms with Crippen LogP contribution in [0.2, 0.25) is 0 Å². The molecule has 2 heterocycles. The van der Waals surface area contributed by atoms with Gasteiger partial charge in [0.25, 0.3) is 0 Å². The number of rotatable bonds is 5. The summed E-state index contributed by atoms with van der Waals surface area (Å²) in [6, 6.07) is 0. The van der Waals surface area contributed by atoms with Crippen molar-refractivity contribution in [1.82, 2.24) is 0 Å². The molecule has 1 N–H and O–H groups in total. The molecule has 5 atom stereocenters. The first-order valence-corrected chi connectivity index (χ1v) is 8.53. The summed E-state index contributed by atoms with van der Waals surface area (Å²) < 4.78 is 17.5. The monoisotopic (exact) mass is 298 g/mol. The highest BCUT2D eigenvalue weighted by atomic mass is 16.7. The highest BCUT2D eigenvalue weighted by Gasteiger charge is 2.61. The van der Waals surface area contributed by atoms with E-state index in [1.807, 2.05) is 0 Å². The van der Waals surface area contributed by atoms with E-state index in [-0.39, 0.29) is 12.2 Å². The summed E-state index contributed by atoms with van der Waals surface area (Å²) in [5, 5.41) is 9.55. The van der Waals surface area contributed by atoms with Crippen molar-refractivity contribution in [2.75, 3.05) is 26.4 Å². The van der Waals surface area contributed by atoms with E-state index in [1.165, 1.54) is 12.8 Å². The lowest BCUT2D eigenvalue weighted by molar-refractivity contribution is -0.152. The van der Waals surface area contributed by atoms with Gasteiger partial charge in [0.2, 0.25) is 0 Å². The molecular formula is C17H30O4. The Morgan fingerprint density at radius 1 is 1.19 bits per heavy atom. The summed E-state index contributed by atoms with van der Waals surface area (Å²) in [4.78, 5) is 0. The van der Waals surface area contributed by atoms with Gasteiger partial charge < -0.3 is 19.3 Å². The van der Waals surface area contributed by atoms with Crippen molar-refractivity contribution in [3.8, 4) is 0 Å². The van der Waals surface area contributed by atoms with E-state index in [9.17, 15) is 5.11 Å². The van der Waals surface area contributed by atoms with Crippen LogP contribution in [0.15, 0.2) is 0 Å². The Morgan fingerprint density at radius 3 is 2.43 bits per heavy atom. The average Bonchev–Trinajstić information content (AvgIpc) is 3.11. The fourth-order valence-corrected chi connectivity index (χ4v) is 4.70. The predicted octanol–water partition coefficient (Wildman–Crippen LogP) is 2.59. The molecule has 3 fully saturated rings. The molecule has 0 radical (unpaired) electrons. The van der Waals surface area contributed by atoms with Crippen LogP contribution in [0.4, 0.5) is 0 Å². The van der Waals surface area contributed by atoms with Crippen molar-refractivity contribution in [3.05, 3.63) is 0 Å². The fraction of sp³-hybridized carbons (Fsp3) is 1.00. The Labute approximate surface area is 128 Å². The lowest BCUT2D eigenvalue weighted by Gasteiger charge is -2.43. The van der Waals surface area contributed by atoms with Crippen LogP contribution in [-0.2, 0) is 14.2 Å². The Bertz CT molecular complexity index is 360. The smallest absolute Gasteiger partial charge is 0.165 e. The molecule has 4 nitrogen and oxygen atoms in total. The molecule has 1 aliphatic carbocycles. The average molecular weight is 298 g/mol. The highest BCUT2D eigenvalue weighted by molar-refractivity contribution is 5.08. The van der Waals surface area contributed by atoms with Gasteiger partial charge in [-0.2, -0.15) is 0 Å². The van der Waals surface area contributed by atoms with Gasteiger partial charge in [-0.15, -0.1) is 0 Å². The van der Waals surface area contributed by atoms with Crippen molar-refractivity contribution in [2.45, 2.75) is 57.8 Å². The molecule has 0 amide bonds. The van der Waals surface area contributed by atoms with Crippen LogP contribution < -0.4 is 0 Å². The molecule has 4 heteroatoms. The third-order valence-corrected chi connectivity index (χ3v) is 6.14. The zero-order chi connectivity index (χ0) is 15.1. The van der Waals surface area contributed by atoms with E-state index in [4.69, 9.17) is 14.2 Å². The lowest BCUT2D eigenvalue weighted by Crippen LogP contribution is -2.45. The molecule has 0 unspecified atom stereocenters.